The van der Waals surface area contributed by atoms with Gasteiger partial charge in [0.1, 0.15) is 18.1 Å². The van der Waals surface area contributed by atoms with E-state index in [-0.39, 0.29) is 36.6 Å². The average molecular weight is 613 g/mol. The molecule has 0 spiro atoms. The Balaban J connectivity index is 1.47. The number of aliphatic hydroxyl groups is 2. The highest BCUT2D eigenvalue weighted by atomic mass is 16.6. The van der Waals surface area contributed by atoms with Crippen LogP contribution in [0.1, 0.15) is 38.2 Å². The third-order valence-electron chi connectivity index (χ3n) is 8.68. The summed E-state index contributed by atoms with van der Waals surface area (Å²) >= 11 is 0. The van der Waals surface area contributed by atoms with Gasteiger partial charge in [-0.3, -0.25) is 19.7 Å². The summed E-state index contributed by atoms with van der Waals surface area (Å²) in [5.41, 5.74) is 2.63. The van der Waals surface area contributed by atoms with Gasteiger partial charge < -0.3 is 20.1 Å². The van der Waals surface area contributed by atoms with Crippen LogP contribution in [0.3, 0.4) is 0 Å². The lowest BCUT2D eigenvalue weighted by Crippen LogP contribution is -2.40. The van der Waals surface area contributed by atoms with Crippen molar-refractivity contribution in [2.45, 2.75) is 38.7 Å². The number of carbonyl (C=O) groups is 2. The molecule has 3 N–H and O–H groups in total. The number of anilines is 1. The Morgan fingerprint density at radius 1 is 1.07 bits per heavy atom. The number of imide groups is 1. The van der Waals surface area contributed by atoms with Crippen molar-refractivity contribution >= 4 is 29.3 Å². The minimum atomic E-state index is -1.05. The molecule has 3 aromatic rings. The molecule has 10 nitrogen and oxygen atoms in total. The van der Waals surface area contributed by atoms with E-state index in [0.29, 0.717) is 35.3 Å². The summed E-state index contributed by atoms with van der Waals surface area (Å²) in [6.45, 7) is 1.55. The highest BCUT2D eigenvalue weighted by Gasteiger charge is 2.55. The Labute approximate surface area is 261 Å². The lowest BCUT2D eigenvalue weighted by Gasteiger charge is -2.36. The minimum Gasteiger partial charge on any atom is -0.507 e. The van der Waals surface area contributed by atoms with Crippen LogP contribution in [-0.4, -0.2) is 51.4 Å². The Bertz CT molecular complexity index is 1630. The number of carbonyl (C=O) groups excluding carboxylic acids is 2. The molecule has 4 atom stereocenters. The molecule has 2 amide bonds. The summed E-state index contributed by atoms with van der Waals surface area (Å²) in [7, 11) is 0. The largest absolute Gasteiger partial charge is 0.507 e. The number of fused-ring (bicyclic) bond motifs is 1. The Morgan fingerprint density at radius 2 is 1.80 bits per heavy atom. The lowest BCUT2D eigenvalue weighted by molar-refractivity contribution is -0.384. The zero-order valence-corrected chi connectivity index (χ0v) is 24.9. The molecule has 0 unspecified atom stereocenters. The lowest BCUT2D eigenvalue weighted by atomic mass is 9.68. The first-order valence-electron chi connectivity index (χ1n) is 15.0. The van der Waals surface area contributed by atoms with E-state index < -0.39 is 47.2 Å². The van der Waals surface area contributed by atoms with Crippen molar-refractivity contribution < 1.29 is 34.6 Å². The van der Waals surface area contributed by atoms with Crippen LogP contribution in [0.15, 0.2) is 95.6 Å². The van der Waals surface area contributed by atoms with E-state index in [0.717, 1.165) is 10.5 Å². The molecule has 1 heterocycles. The Hall–Kier alpha value is -4.80. The number of ether oxygens (including phenoxy) is 1. The molecule has 1 aliphatic heterocycles. The van der Waals surface area contributed by atoms with Crippen LogP contribution in [0, 0.1) is 27.9 Å². The van der Waals surface area contributed by atoms with Crippen LogP contribution in [0.2, 0.25) is 0 Å². The van der Waals surface area contributed by atoms with E-state index in [9.17, 15) is 35.0 Å². The number of amides is 2. The molecular formula is C35H36N2O8. The molecule has 0 saturated carbocycles. The Kier molecular flexibility index (Phi) is 9.75. The number of phenolic OH excluding ortho intramolecular Hbond substituents is 1. The van der Waals surface area contributed by atoms with Crippen LogP contribution in [0.4, 0.5) is 11.4 Å². The quantitative estimate of drug-likeness (QED) is 0.106. The number of aromatic hydroxyl groups is 1. The number of phenols is 1. The standard InChI is InChI=1S/C35H36N2O8/c1-2-22(17-23-9-6-7-14-30(23)39)15-16-31(40)32-24(21-45-27-12-4-3-5-13-27)18-28-33(29(32)20-38)35(42)36(34(28)41)25-10-8-11-26(19-25)37(43)44/h3-14,17,19,28-29,31,33,38-40H,2,15-16,18,20-21H2,1H3/b22-17+/t28-,29+,31-,33-/m1/s1. The number of para-hydroxylation sites is 2. The molecule has 0 bridgehead atoms. The van der Waals surface area contributed by atoms with Crippen molar-refractivity contribution in [3.8, 4) is 11.5 Å². The van der Waals surface area contributed by atoms with Gasteiger partial charge in [-0.25, -0.2) is 4.90 Å². The highest BCUT2D eigenvalue weighted by Crippen LogP contribution is 2.47. The van der Waals surface area contributed by atoms with Gasteiger partial charge in [0.25, 0.3) is 5.69 Å². The predicted octanol–water partition coefficient (Wildman–Crippen LogP) is 5.43. The van der Waals surface area contributed by atoms with Gasteiger partial charge in [-0.2, -0.15) is 0 Å². The molecular weight excluding hydrogens is 576 g/mol. The van der Waals surface area contributed by atoms with Crippen molar-refractivity contribution in [3.05, 3.63) is 111 Å². The van der Waals surface area contributed by atoms with Gasteiger partial charge in [0.2, 0.25) is 11.8 Å². The van der Waals surface area contributed by atoms with Gasteiger partial charge in [0.05, 0.1) is 35.2 Å². The molecule has 1 saturated heterocycles. The van der Waals surface area contributed by atoms with E-state index >= 15 is 0 Å². The smallest absolute Gasteiger partial charge is 0.271 e. The first kappa shape index (κ1) is 31.6. The molecule has 45 heavy (non-hydrogen) atoms. The summed E-state index contributed by atoms with van der Waals surface area (Å²) in [6.07, 6.45) is 2.43. The van der Waals surface area contributed by atoms with E-state index in [1.807, 2.05) is 43.3 Å². The Morgan fingerprint density at radius 3 is 2.49 bits per heavy atom. The van der Waals surface area contributed by atoms with Gasteiger partial charge in [-0.05, 0) is 61.1 Å². The maximum atomic E-state index is 13.9. The van der Waals surface area contributed by atoms with E-state index in [1.54, 1.807) is 24.3 Å². The fourth-order valence-electron chi connectivity index (χ4n) is 6.44. The number of allylic oxidation sites excluding steroid dienone is 1. The molecule has 1 aliphatic carbocycles. The van der Waals surface area contributed by atoms with E-state index in [4.69, 9.17) is 4.74 Å². The zero-order chi connectivity index (χ0) is 32.1. The monoisotopic (exact) mass is 612 g/mol. The number of non-ortho nitro benzene ring substituents is 1. The van der Waals surface area contributed by atoms with Crippen LogP contribution in [-0.2, 0) is 9.59 Å². The van der Waals surface area contributed by atoms with Gasteiger partial charge in [0.15, 0.2) is 0 Å². The first-order chi connectivity index (χ1) is 21.7. The second kappa shape index (κ2) is 13.9. The number of hydrogen-bond donors (Lipinski definition) is 3. The topological polar surface area (TPSA) is 150 Å². The number of hydrogen-bond acceptors (Lipinski definition) is 8. The third kappa shape index (κ3) is 6.67. The number of nitrogens with zero attached hydrogens (tertiary/aromatic N) is 2. The molecule has 0 aromatic heterocycles. The fraction of sp³-hybridized carbons (Fsp3) is 0.314. The average Bonchev–Trinajstić information content (AvgIpc) is 3.31. The second-order valence-electron chi connectivity index (χ2n) is 11.3. The normalized spacial score (nSPS) is 20.7. The molecule has 10 heteroatoms. The highest BCUT2D eigenvalue weighted by molar-refractivity contribution is 6.22. The molecule has 0 radical (unpaired) electrons. The van der Waals surface area contributed by atoms with Gasteiger partial charge in [-0.1, -0.05) is 61.0 Å². The van der Waals surface area contributed by atoms with Gasteiger partial charge in [0, 0.05) is 23.6 Å². The fourth-order valence-corrected chi connectivity index (χ4v) is 6.44. The van der Waals surface area contributed by atoms with Crippen molar-refractivity contribution in [3.63, 3.8) is 0 Å². The summed E-state index contributed by atoms with van der Waals surface area (Å²) < 4.78 is 6.05. The zero-order valence-electron chi connectivity index (χ0n) is 24.9. The summed E-state index contributed by atoms with van der Waals surface area (Å²) in [6, 6.07) is 21.4. The number of nitro benzene ring substituents is 1. The summed E-state index contributed by atoms with van der Waals surface area (Å²) in [5, 5.41) is 44.0. The van der Waals surface area contributed by atoms with Crippen LogP contribution >= 0.6 is 0 Å². The minimum absolute atomic E-state index is 0.0444. The molecule has 2 aliphatic rings. The first-order valence-corrected chi connectivity index (χ1v) is 15.0. The van der Waals surface area contributed by atoms with Gasteiger partial charge >= 0.3 is 0 Å². The number of benzene rings is 3. The molecule has 5 rings (SSSR count). The van der Waals surface area contributed by atoms with Crippen molar-refractivity contribution in [2.24, 2.45) is 17.8 Å². The van der Waals surface area contributed by atoms with E-state index in [2.05, 4.69) is 0 Å². The molecule has 234 valence electrons. The number of aliphatic hydroxyl groups excluding tert-OH is 2. The number of nitro groups is 1. The van der Waals surface area contributed by atoms with Crippen molar-refractivity contribution in [1.82, 2.24) is 0 Å². The summed E-state index contributed by atoms with van der Waals surface area (Å²) in [5.74, 6) is -2.96. The van der Waals surface area contributed by atoms with Crippen molar-refractivity contribution in [1.29, 1.82) is 0 Å². The second-order valence-corrected chi connectivity index (χ2v) is 11.3. The van der Waals surface area contributed by atoms with Crippen molar-refractivity contribution in [2.75, 3.05) is 18.1 Å². The van der Waals surface area contributed by atoms with Crippen LogP contribution in [0.25, 0.3) is 6.08 Å². The number of rotatable bonds is 12. The third-order valence-corrected chi connectivity index (χ3v) is 8.68. The maximum Gasteiger partial charge on any atom is 0.271 e. The molecule has 3 aromatic carbocycles. The van der Waals surface area contributed by atoms with Gasteiger partial charge in [-0.15, -0.1) is 0 Å². The van der Waals surface area contributed by atoms with Crippen LogP contribution < -0.4 is 9.64 Å². The predicted molar refractivity (Wildman–Crippen MR) is 168 cm³/mol. The molecule has 1 fully saturated rings. The van der Waals surface area contributed by atoms with Crippen LogP contribution in [0.5, 0.6) is 11.5 Å². The maximum absolute atomic E-state index is 13.9. The summed E-state index contributed by atoms with van der Waals surface area (Å²) in [4.78, 5) is 39.4. The SMILES string of the molecule is CC/C(=C\c1ccccc1O)CC[C@@H](O)C1=C(COc2ccccc2)C[C@H]2C(=O)N(c3cccc([N+](=O)[O-])c3)C(=O)[C@H]2[C@H]1CO. The van der Waals surface area contributed by atoms with E-state index in [1.165, 1.54) is 24.3 Å².